The number of hydrogen-bond donors (Lipinski definition) is 3. The van der Waals surface area contributed by atoms with E-state index in [9.17, 15) is 14.7 Å². The van der Waals surface area contributed by atoms with Crippen molar-refractivity contribution in [1.82, 2.24) is 5.32 Å². The third-order valence-corrected chi connectivity index (χ3v) is 4.29. The molecule has 3 N–H and O–H groups in total. The first-order valence-corrected chi connectivity index (χ1v) is 7.13. The summed E-state index contributed by atoms with van der Waals surface area (Å²) in [5.41, 5.74) is 1.55. The number of hydrogen-bond acceptors (Lipinski definition) is 3. The van der Waals surface area contributed by atoms with Gasteiger partial charge in [-0.1, -0.05) is 12.1 Å². The van der Waals surface area contributed by atoms with E-state index in [1.807, 2.05) is 0 Å². The molecule has 1 aliphatic rings. The quantitative estimate of drug-likeness (QED) is 0.747. The average Bonchev–Trinajstić information content (AvgIpc) is 3.18. The van der Waals surface area contributed by atoms with Gasteiger partial charge in [-0.3, -0.25) is 4.79 Å². The van der Waals surface area contributed by atoms with Gasteiger partial charge in [-0.2, -0.15) is 0 Å². The lowest BCUT2D eigenvalue weighted by Gasteiger charge is -2.17. The van der Waals surface area contributed by atoms with Crippen molar-refractivity contribution in [3.8, 4) is 0 Å². The second-order valence-electron chi connectivity index (χ2n) is 5.91. The molecular weight excluding hydrogens is 270 g/mol. The highest BCUT2D eigenvalue weighted by Crippen LogP contribution is 2.47. The predicted octanol–water partition coefficient (Wildman–Crippen LogP) is 1.89. The van der Waals surface area contributed by atoms with E-state index in [1.165, 1.54) is 0 Å². The van der Waals surface area contributed by atoms with Gasteiger partial charge >= 0.3 is 5.97 Å². The summed E-state index contributed by atoms with van der Waals surface area (Å²) in [6.45, 7) is 4.02. The zero-order valence-electron chi connectivity index (χ0n) is 12.4. The molecule has 5 heteroatoms. The van der Waals surface area contributed by atoms with Crippen LogP contribution in [0.15, 0.2) is 12.1 Å². The van der Waals surface area contributed by atoms with Crippen molar-refractivity contribution in [2.75, 3.05) is 13.2 Å². The van der Waals surface area contributed by atoms with E-state index >= 15 is 0 Å². The monoisotopic (exact) mass is 291 g/mol. The highest BCUT2D eigenvalue weighted by molar-refractivity contribution is 6.06. The van der Waals surface area contributed by atoms with Crippen molar-refractivity contribution in [2.24, 2.45) is 5.41 Å². The van der Waals surface area contributed by atoms with Crippen molar-refractivity contribution in [2.45, 2.75) is 33.1 Å². The number of nitrogens with one attached hydrogen (secondary N) is 1. The molecule has 0 radical (unpaired) electrons. The molecule has 0 unspecified atom stereocenters. The van der Waals surface area contributed by atoms with E-state index in [-0.39, 0.29) is 29.1 Å². The van der Waals surface area contributed by atoms with Gasteiger partial charge in [0.05, 0.1) is 11.1 Å². The van der Waals surface area contributed by atoms with Gasteiger partial charge in [0, 0.05) is 13.2 Å². The van der Waals surface area contributed by atoms with Crippen LogP contribution in [0.25, 0.3) is 0 Å². The Morgan fingerprint density at radius 3 is 2.24 bits per heavy atom. The van der Waals surface area contributed by atoms with Crippen LogP contribution in [0.4, 0.5) is 0 Å². The van der Waals surface area contributed by atoms with Crippen LogP contribution >= 0.6 is 0 Å². The molecule has 0 bridgehead atoms. The van der Waals surface area contributed by atoms with Crippen molar-refractivity contribution in [3.63, 3.8) is 0 Å². The molecule has 0 aliphatic heterocycles. The average molecular weight is 291 g/mol. The normalized spacial score (nSPS) is 15.6. The summed E-state index contributed by atoms with van der Waals surface area (Å²) < 4.78 is 0. The first-order chi connectivity index (χ1) is 9.90. The predicted molar refractivity (Wildman–Crippen MR) is 78.6 cm³/mol. The fraction of sp³-hybridized carbons (Fsp3) is 0.500. The lowest BCUT2D eigenvalue weighted by molar-refractivity contribution is 0.0689. The van der Waals surface area contributed by atoms with Gasteiger partial charge < -0.3 is 15.5 Å². The van der Waals surface area contributed by atoms with Gasteiger partial charge in [0.25, 0.3) is 5.91 Å². The summed E-state index contributed by atoms with van der Waals surface area (Å²) in [5.74, 6) is -1.43. The van der Waals surface area contributed by atoms with Gasteiger partial charge in [0.2, 0.25) is 0 Å². The zero-order valence-corrected chi connectivity index (χ0v) is 12.4. The van der Waals surface area contributed by atoms with Crippen LogP contribution in [0.3, 0.4) is 0 Å². The molecule has 0 saturated heterocycles. The maximum atomic E-state index is 12.4. The SMILES string of the molecule is Cc1ccc(C)c(C(=O)NCC2(CCO)CC2)c1C(=O)O. The number of carboxylic acid groups (broad SMARTS) is 1. The summed E-state index contributed by atoms with van der Waals surface area (Å²) in [7, 11) is 0. The van der Waals surface area contributed by atoms with Gasteiger partial charge in [-0.05, 0) is 49.7 Å². The lowest BCUT2D eigenvalue weighted by atomic mass is 9.96. The molecular formula is C16H21NO4. The Morgan fingerprint density at radius 2 is 1.76 bits per heavy atom. The zero-order chi connectivity index (χ0) is 15.6. The van der Waals surface area contributed by atoms with Crippen molar-refractivity contribution >= 4 is 11.9 Å². The van der Waals surface area contributed by atoms with Crippen LogP contribution in [-0.2, 0) is 0 Å². The topological polar surface area (TPSA) is 86.6 Å². The minimum Gasteiger partial charge on any atom is -0.478 e. The number of benzene rings is 1. The van der Waals surface area contributed by atoms with Gasteiger partial charge in [-0.25, -0.2) is 4.79 Å². The van der Waals surface area contributed by atoms with Crippen LogP contribution in [0.2, 0.25) is 0 Å². The Bertz CT molecular complexity index is 576. The second-order valence-corrected chi connectivity index (χ2v) is 5.91. The number of carbonyl (C=O) groups excluding carboxylic acids is 1. The van der Waals surface area contributed by atoms with Gasteiger partial charge in [-0.15, -0.1) is 0 Å². The van der Waals surface area contributed by atoms with E-state index in [1.54, 1.807) is 26.0 Å². The van der Waals surface area contributed by atoms with E-state index in [2.05, 4.69) is 5.32 Å². The number of carboxylic acids is 1. The van der Waals surface area contributed by atoms with Crippen LogP contribution in [0.1, 0.15) is 51.1 Å². The van der Waals surface area contributed by atoms with Crippen molar-refractivity contribution < 1.29 is 19.8 Å². The molecule has 1 aromatic rings. The highest BCUT2D eigenvalue weighted by Gasteiger charge is 2.42. The van der Waals surface area contributed by atoms with Crippen molar-refractivity contribution in [1.29, 1.82) is 0 Å². The Labute approximate surface area is 124 Å². The number of rotatable bonds is 6. The van der Waals surface area contributed by atoms with Crippen LogP contribution in [-0.4, -0.2) is 35.2 Å². The summed E-state index contributed by atoms with van der Waals surface area (Å²) in [6, 6.07) is 3.47. The standard InChI is InChI=1S/C16H21NO4/c1-10-3-4-11(2)13(15(20)21)12(10)14(19)17-9-16(5-6-16)7-8-18/h3-4,18H,5-9H2,1-2H3,(H,17,19)(H,20,21). The van der Waals surface area contributed by atoms with Crippen molar-refractivity contribution in [3.05, 3.63) is 34.4 Å². The Hall–Kier alpha value is -1.88. The third-order valence-electron chi connectivity index (χ3n) is 4.29. The molecule has 0 aromatic heterocycles. The molecule has 2 rings (SSSR count). The molecule has 114 valence electrons. The smallest absolute Gasteiger partial charge is 0.336 e. The fourth-order valence-electron chi connectivity index (χ4n) is 2.66. The molecule has 21 heavy (non-hydrogen) atoms. The van der Waals surface area contributed by atoms with E-state index < -0.39 is 5.97 Å². The van der Waals surface area contributed by atoms with Gasteiger partial charge in [0.1, 0.15) is 0 Å². The first kappa shape index (κ1) is 15.5. The summed E-state index contributed by atoms with van der Waals surface area (Å²) in [4.78, 5) is 23.8. The second kappa shape index (κ2) is 5.85. The van der Waals surface area contributed by atoms with Crippen LogP contribution < -0.4 is 5.32 Å². The van der Waals surface area contributed by atoms with Crippen LogP contribution in [0, 0.1) is 19.3 Å². The minimum absolute atomic E-state index is 0.00548. The van der Waals surface area contributed by atoms with E-state index in [0.29, 0.717) is 24.1 Å². The molecule has 0 heterocycles. The number of aliphatic hydroxyl groups excluding tert-OH is 1. The Morgan fingerprint density at radius 1 is 1.19 bits per heavy atom. The molecule has 1 aromatic carbocycles. The van der Waals surface area contributed by atoms with Crippen LogP contribution in [0.5, 0.6) is 0 Å². The summed E-state index contributed by atoms with van der Waals surface area (Å²) >= 11 is 0. The molecule has 1 amide bonds. The number of aryl methyl sites for hydroxylation is 2. The molecule has 5 nitrogen and oxygen atoms in total. The minimum atomic E-state index is -1.09. The van der Waals surface area contributed by atoms with Gasteiger partial charge in [0.15, 0.2) is 0 Å². The number of amides is 1. The molecule has 1 saturated carbocycles. The number of carbonyl (C=O) groups is 2. The number of aliphatic hydroxyl groups is 1. The Kier molecular flexibility index (Phi) is 4.32. The third kappa shape index (κ3) is 3.24. The maximum Gasteiger partial charge on any atom is 0.336 e. The largest absolute Gasteiger partial charge is 0.478 e. The molecule has 0 spiro atoms. The van der Waals surface area contributed by atoms with E-state index in [0.717, 1.165) is 12.8 Å². The molecule has 1 fully saturated rings. The number of aromatic carboxylic acids is 1. The summed E-state index contributed by atoms with van der Waals surface area (Å²) in [6.07, 6.45) is 2.66. The lowest BCUT2D eigenvalue weighted by Crippen LogP contribution is -2.32. The Balaban J connectivity index is 2.19. The maximum absolute atomic E-state index is 12.4. The highest BCUT2D eigenvalue weighted by atomic mass is 16.4. The summed E-state index contributed by atoms with van der Waals surface area (Å²) in [5, 5.41) is 21.2. The first-order valence-electron chi connectivity index (χ1n) is 7.13. The molecule has 0 atom stereocenters. The fourth-order valence-corrected chi connectivity index (χ4v) is 2.66. The molecule has 1 aliphatic carbocycles. The van der Waals surface area contributed by atoms with E-state index in [4.69, 9.17) is 5.11 Å².